The van der Waals surface area contributed by atoms with E-state index in [0.29, 0.717) is 10.7 Å². The average molecular weight is 404 g/mol. The van der Waals surface area contributed by atoms with E-state index in [0.717, 1.165) is 16.8 Å². The number of aryl methyl sites for hydroxylation is 1. The molecule has 0 spiro atoms. The highest BCUT2D eigenvalue weighted by molar-refractivity contribution is 7.80. The van der Waals surface area contributed by atoms with Crippen LogP contribution in [-0.2, 0) is 0 Å². The summed E-state index contributed by atoms with van der Waals surface area (Å²) in [6, 6.07) is 25.9. The zero-order valence-electron chi connectivity index (χ0n) is 16.8. The number of hydrogen-bond acceptors (Lipinski definition) is 2. The molecule has 5 heteroatoms. The molecule has 0 aliphatic heterocycles. The molecule has 2 N–H and O–H groups in total. The third-order valence-corrected chi connectivity index (χ3v) is 4.80. The number of carbonyl (C=O) groups is 1. The van der Waals surface area contributed by atoms with Crippen molar-refractivity contribution >= 4 is 28.9 Å². The molecule has 0 saturated heterocycles. The Kier molecular flexibility index (Phi) is 6.62. The second kappa shape index (κ2) is 9.34. The molecule has 0 aliphatic rings. The Morgan fingerprint density at radius 2 is 1.55 bits per heavy atom. The Morgan fingerprint density at radius 3 is 2.17 bits per heavy atom. The SMILES string of the molecule is Cc1cccc(C(NC(=S)Nc2ccc(C(=O)N(C)C)cc2)c2ccccc2)c1. The highest BCUT2D eigenvalue weighted by Gasteiger charge is 2.15. The molecule has 3 aromatic rings. The number of anilines is 1. The largest absolute Gasteiger partial charge is 0.352 e. The number of hydrogen-bond donors (Lipinski definition) is 2. The second-order valence-electron chi connectivity index (χ2n) is 7.13. The Morgan fingerprint density at radius 1 is 0.897 bits per heavy atom. The van der Waals surface area contributed by atoms with Crippen LogP contribution in [0.5, 0.6) is 0 Å². The quantitative estimate of drug-likeness (QED) is 0.602. The number of benzene rings is 3. The van der Waals surface area contributed by atoms with Crippen LogP contribution < -0.4 is 10.6 Å². The molecule has 0 fully saturated rings. The predicted molar refractivity (Wildman–Crippen MR) is 123 cm³/mol. The van der Waals surface area contributed by atoms with E-state index in [-0.39, 0.29) is 11.9 Å². The van der Waals surface area contributed by atoms with E-state index in [1.54, 1.807) is 31.1 Å². The van der Waals surface area contributed by atoms with Gasteiger partial charge in [-0.25, -0.2) is 0 Å². The maximum atomic E-state index is 12.0. The first-order valence-corrected chi connectivity index (χ1v) is 9.85. The average Bonchev–Trinajstić information content (AvgIpc) is 2.72. The van der Waals surface area contributed by atoms with Crippen molar-refractivity contribution in [3.05, 3.63) is 101 Å². The van der Waals surface area contributed by atoms with E-state index < -0.39 is 0 Å². The molecule has 1 atom stereocenters. The lowest BCUT2D eigenvalue weighted by Gasteiger charge is -2.22. The van der Waals surface area contributed by atoms with Gasteiger partial charge in [0.2, 0.25) is 0 Å². The molecular weight excluding hydrogens is 378 g/mol. The second-order valence-corrected chi connectivity index (χ2v) is 7.54. The highest BCUT2D eigenvalue weighted by atomic mass is 32.1. The highest BCUT2D eigenvalue weighted by Crippen LogP contribution is 2.23. The lowest BCUT2D eigenvalue weighted by Crippen LogP contribution is -2.33. The molecular formula is C24H25N3OS. The molecule has 0 aliphatic carbocycles. The van der Waals surface area contributed by atoms with Crippen LogP contribution in [0.2, 0.25) is 0 Å². The topological polar surface area (TPSA) is 44.4 Å². The summed E-state index contributed by atoms with van der Waals surface area (Å²) in [5.74, 6) is -0.0270. The summed E-state index contributed by atoms with van der Waals surface area (Å²) in [4.78, 5) is 13.6. The van der Waals surface area contributed by atoms with Crippen molar-refractivity contribution in [1.82, 2.24) is 10.2 Å². The Labute approximate surface area is 177 Å². The van der Waals surface area contributed by atoms with Gasteiger partial charge in [-0.05, 0) is 54.5 Å². The lowest BCUT2D eigenvalue weighted by atomic mass is 9.97. The molecule has 0 heterocycles. The summed E-state index contributed by atoms with van der Waals surface area (Å²) in [7, 11) is 3.48. The van der Waals surface area contributed by atoms with Crippen LogP contribution in [0.4, 0.5) is 5.69 Å². The number of amides is 1. The first-order valence-electron chi connectivity index (χ1n) is 9.45. The van der Waals surface area contributed by atoms with Gasteiger partial charge < -0.3 is 15.5 Å². The van der Waals surface area contributed by atoms with Gasteiger partial charge in [0.1, 0.15) is 0 Å². The van der Waals surface area contributed by atoms with E-state index in [4.69, 9.17) is 12.2 Å². The van der Waals surface area contributed by atoms with Crippen LogP contribution in [0.15, 0.2) is 78.9 Å². The van der Waals surface area contributed by atoms with Gasteiger partial charge in [0.15, 0.2) is 5.11 Å². The standard InChI is InChI=1S/C24H25N3OS/c1-17-8-7-11-20(16-17)22(18-9-5-4-6-10-18)26-24(29)25-21-14-12-19(13-15-21)23(28)27(2)3/h4-16,22H,1-3H3,(H2,25,26,29). The van der Waals surface area contributed by atoms with Crippen LogP contribution >= 0.6 is 12.2 Å². The van der Waals surface area contributed by atoms with Crippen LogP contribution in [0.25, 0.3) is 0 Å². The van der Waals surface area contributed by atoms with E-state index in [9.17, 15) is 4.79 Å². The van der Waals surface area contributed by atoms with Crippen molar-refractivity contribution in [2.75, 3.05) is 19.4 Å². The molecule has 4 nitrogen and oxygen atoms in total. The third kappa shape index (κ3) is 5.42. The summed E-state index contributed by atoms with van der Waals surface area (Å²) in [5, 5.41) is 7.16. The predicted octanol–water partition coefficient (Wildman–Crippen LogP) is 4.77. The first kappa shape index (κ1) is 20.6. The smallest absolute Gasteiger partial charge is 0.253 e. The Balaban J connectivity index is 1.76. The fourth-order valence-corrected chi connectivity index (χ4v) is 3.34. The molecule has 0 saturated carbocycles. The summed E-state index contributed by atoms with van der Waals surface area (Å²) < 4.78 is 0. The maximum absolute atomic E-state index is 12.0. The molecule has 3 rings (SSSR count). The van der Waals surface area contributed by atoms with Crippen LogP contribution in [-0.4, -0.2) is 30.0 Å². The van der Waals surface area contributed by atoms with Gasteiger partial charge in [0.05, 0.1) is 6.04 Å². The Hall–Kier alpha value is -3.18. The fraction of sp³-hybridized carbons (Fsp3) is 0.167. The van der Waals surface area contributed by atoms with Crippen molar-refractivity contribution < 1.29 is 4.79 Å². The van der Waals surface area contributed by atoms with Crippen LogP contribution in [0.3, 0.4) is 0 Å². The van der Waals surface area contributed by atoms with Gasteiger partial charge in [0, 0.05) is 25.3 Å². The van der Waals surface area contributed by atoms with Gasteiger partial charge in [-0.1, -0.05) is 60.2 Å². The summed E-state index contributed by atoms with van der Waals surface area (Å²) in [6.45, 7) is 2.08. The minimum absolute atomic E-state index is 0.0270. The number of rotatable bonds is 5. The molecule has 0 radical (unpaired) electrons. The number of thiocarbonyl (C=S) groups is 1. The van der Waals surface area contributed by atoms with Gasteiger partial charge in [-0.15, -0.1) is 0 Å². The maximum Gasteiger partial charge on any atom is 0.253 e. The van der Waals surface area contributed by atoms with E-state index in [1.165, 1.54) is 5.56 Å². The molecule has 29 heavy (non-hydrogen) atoms. The van der Waals surface area contributed by atoms with Crippen molar-refractivity contribution in [2.24, 2.45) is 0 Å². The van der Waals surface area contributed by atoms with Crippen molar-refractivity contribution in [2.45, 2.75) is 13.0 Å². The molecule has 0 aromatic heterocycles. The molecule has 1 amide bonds. The molecule has 1 unspecified atom stereocenters. The Bertz CT molecular complexity index is 985. The summed E-state index contributed by atoms with van der Waals surface area (Å²) in [6.07, 6.45) is 0. The molecule has 3 aromatic carbocycles. The van der Waals surface area contributed by atoms with E-state index in [2.05, 4.69) is 54.0 Å². The minimum atomic E-state index is -0.0642. The van der Waals surface area contributed by atoms with Crippen LogP contribution in [0, 0.1) is 6.92 Å². The van der Waals surface area contributed by atoms with Crippen molar-refractivity contribution in [3.63, 3.8) is 0 Å². The van der Waals surface area contributed by atoms with E-state index >= 15 is 0 Å². The van der Waals surface area contributed by atoms with Gasteiger partial charge in [-0.2, -0.15) is 0 Å². The number of nitrogens with one attached hydrogen (secondary N) is 2. The fourth-order valence-electron chi connectivity index (χ4n) is 3.11. The normalized spacial score (nSPS) is 11.4. The first-order chi connectivity index (χ1) is 13.9. The zero-order valence-corrected chi connectivity index (χ0v) is 17.7. The summed E-state index contributed by atoms with van der Waals surface area (Å²) >= 11 is 5.57. The zero-order chi connectivity index (χ0) is 20.8. The molecule has 0 bridgehead atoms. The van der Waals surface area contributed by atoms with Gasteiger partial charge in [-0.3, -0.25) is 4.79 Å². The van der Waals surface area contributed by atoms with Crippen LogP contribution in [0.1, 0.15) is 33.1 Å². The summed E-state index contributed by atoms with van der Waals surface area (Å²) in [5.41, 5.74) is 4.95. The monoisotopic (exact) mass is 403 g/mol. The van der Waals surface area contributed by atoms with Crippen molar-refractivity contribution in [3.8, 4) is 0 Å². The van der Waals surface area contributed by atoms with Gasteiger partial charge >= 0.3 is 0 Å². The van der Waals surface area contributed by atoms with Crippen molar-refractivity contribution in [1.29, 1.82) is 0 Å². The van der Waals surface area contributed by atoms with Gasteiger partial charge in [0.25, 0.3) is 5.91 Å². The number of carbonyl (C=O) groups excluding carboxylic acids is 1. The van der Waals surface area contributed by atoms with E-state index in [1.807, 2.05) is 30.3 Å². The lowest BCUT2D eigenvalue weighted by molar-refractivity contribution is 0.0827. The number of nitrogens with zero attached hydrogens (tertiary/aromatic N) is 1. The molecule has 148 valence electrons. The minimum Gasteiger partial charge on any atom is -0.352 e. The third-order valence-electron chi connectivity index (χ3n) is 4.58.